The molecule has 10 heteroatoms. The number of alkyl halides is 3. The van der Waals surface area contributed by atoms with Crippen LogP contribution in [-0.4, -0.2) is 26.2 Å². The third-order valence-corrected chi connectivity index (χ3v) is 4.39. The van der Waals surface area contributed by atoms with Crippen LogP contribution < -0.4 is 14.5 Å². The highest BCUT2D eigenvalue weighted by atomic mass is 19.4. The standard InChI is InChI=1S/C19H16F4N2O4/c1-10(26)29-17-12-5-4-6-13(20)16(12)24(2)18(27)25(17)14-9-11(19(21,22)23)7-8-15(14)28-3/h4-9,17H,1-3H3. The van der Waals surface area contributed by atoms with Crippen LogP contribution >= 0.6 is 0 Å². The number of benzene rings is 2. The molecule has 0 N–H and O–H groups in total. The summed E-state index contributed by atoms with van der Waals surface area (Å²) in [7, 11) is 2.49. The zero-order valence-corrected chi connectivity index (χ0v) is 15.6. The second-order valence-corrected chi connectivity index (χ2v) is 6.24. The van der Waals surface area contributed by atoms with Gasteiger partial charge in [-0.15, -0.1) is 0 Å². The van der Waals surface area contributed by atoms with Gasteiger partial charge in [0.05, 0.1) is 24.0 Å². The van der Waals surface area contributed by atoms with Gasteiger partial charge in [-0.05, 0) is 24.3 Å². The number of halogens is 4. The number of fused-ring (bicyclic) bond motifs is 1. The summed E-state index contributed by atoms with van der Waals surface area (Å²) in [5.41, 5.74) is -1.34. The number of methoxy groups -OCH3 is 1. The molecule has 1 atom stereocenters. The van der Waals surface area contributed by atoms with Gasteiger partial charge in [0, 0.05) is 19.5 Å². The predicted molar refractivity (Wildman–Crippen MR) is 95.2 cm³/mol. The lowest BCUT2D eigenvalue weighted by Gasteiger charge is -2.40. The Labute approximate surface area is 163 Å². The van der Waals surface area contributed by atoms with Crippen molar-refractivity contribution in [2.45, 2.75) is 19.3 Å². The van der Waals surface area contributed by atoms with E-state index in [2.05, 4.69) is 0 Å². The molecule has 1 aliphatic heterocycles. The molecule has 0 saturated carbocycles. The molecule has 0 spiro atoms. The molecule has 0 bridgehead atoms. The first-order chi connectivity index (χ1) is 13.6. The second-order valence-electron chi connectivity index (χ2n) is 6.24. The third kappa shape index (κ3) is 3.57. The maximum Gasteiger partial charge on any atom is 0.416 e. The van der Waals surface area contributed by atoms with Gasteiger partial charge in [-0.25, -0.2) is 14.1 Å². The van der Waals surface area contributed by atoms with Crippen molar-refractivity contribution in [1.29, 1.82) is 0 Å². The molecule has 0 aliphatic carbocycles. The molecule has 154 valence electrons. The summed E-state index contributed by atoms with van der Waals surface area (Å²) >= 11 is 0. The molecule has 1 heterocycles. The van der Waals surface area contributed by atoms with Crippen molar-refractivity contribution < 1.29 is 36.6 Å². The van der Waals surface area contributed by atoms with Gasteiger partial charge in [-0.1, -0.05) is 12.1 Å². The highest BCUT2D eigenvalue weighted by Crippen LogP contribution is 2.45. The van der Waals surface area contributed by atoms with Crippen LogP contribution in [-0.2, 0) is 15.7 Å². The number of carbonyl (C=O) groups is 2. The minimum Gasteiger partial charge on any atom is -0.495 e. The lowest BCUT2D eigenvalue weighted by atomic mass is 10.0. The van der Waals surface area contributed by atoms with E-state index in [1.807, 2.05) is 0 Å². The fourth-order valence-corrected chi connectivity index (χ4v) is 3.14. The number of carbonyl (C=O) groups excluding carboxylic acids is 2. The zero-order valence-electron chi connectivity index (χ0n) is 15.6. The second kappa shape index (κ2) is 7.26. The van der Waals surface area contributed by atoms with E-state index in [-0.39, 0.29) is 22.7 Å². The van der Waals surface area contributed by atoms with E-state index < -0.39 is 35.8 Å². The fourth-order valence-electron chi connectivity index (χ4n) is 3.14. The Morgan fingerprint density at radius 2 is 1.86 bits per heavy atom. The molecule has 2 aromatic rings. The minimum absolute atomic E-state index is 0.0586. The van der Waals surface area contributed by atoms with E-state index in [0.29, 0.717) is 6.07 Å². The molecular formula is C19H16F4N2O4. The van der Waals surface area contributed by atoms with E-state index in [1.54, 1.807) is 0 Å². The molecule has 0 radical (unpaired) electrons. The Balaban J connectivity index is 2.27. The van der Waals surface area contributed by atoms with Gasteiger partial charge >= 0.3 is 18.2 Å². The third-order valence-electron chi connectivity index (χ3n) is 4.39. The maximum absolute atomic E-state index is 14.4. The Morgan fingerprint density at radius 3 is 2.45 bits per heavy atom. The lowest BCUT2D eigenvalue weighted by Crippen LogP contribution is -2.49. The number of esters is 1. The number of ether oxygens (including phenoxy) is 2. The van der Waals surface area contributed by atoms with E-state index in [9.17, 15) is 27.2 Å². The zero-order chi connectivity index (χ0) is 21.5. The predicted octanol–water partition coefficient (Wildman–Crippen LogP) is 4.49. The maximum atomic E-state index is 14.4. The summed E-state index contributed by atoms with van der Waals surface area (Å²) in [5, 5.41) is 0. The average molecular weight is 412 g/mol. The molecule has 2 amide bonds. The highest BCUT2D eigenvalue weighted by molar-refractivity contribution is 6.07. The summed E-state index contributed by atoms with van der Waals surface area (Å²) in [4.78, 5) is 26.5. The van der Waals surface area contributed by atoms with Crippen molar-refractivity contribution in [3.63, 3.8) is 0 Å². The van der Waals surface area contributed by atoms with Gasteiger partial charge in [0.1, 0.15) is 11.6 Å². The minimum atomic E-state index is -4.69. The Bertz CT molecular complexity index is 977. The SMILES string of the molecule is COc1ccc(C(F)(F)F)cc1N1C(=O)N(C)c2c(F)cccc2C1OC(C)=O. The first-order valence-electron chi connectivity index (χ1n) is 8.34. The summed E-state index contributed by atoms with van der Waals surface area (Å²) in [5.74, 6) is -1.61. The molecule has 6 nitrogen and oxygen atoms in total. The number of urea groups is 1. The molecule has 1 aliphatic rings. The van der Waals surface area contributed by atoms with Crippen LogP contribution in [0.15, 0.2) is 36.4 Å². The van der Waals surface area contributed by atoms with E-state index in [1.165, 1.54) is 26.3 Å². The number of rotatable bonds is 3. The van der Waals surface area contributed by atoms with Gasteiger partial charge in [0.25, 0.3) is 0 Å². The molecule has 29 heavy (non-hydrogen) atoms. The number of hydrogen-bond donors (Lipinski definition) is 0. The summed E-state index contributed by atoms with van der Waals surface area (Å²) in [6, 6.07) is 5.55. The summed E-state index contributed by atoms with van der Waals surface area (Å²) in [6.07, 6.45) is -6.17. The largest absolute Gasteiger partial charge is 0.495 e. The number of nitrogens with zero attached hydrogens (tertiary/aromatic N) is 2. The monoisotopic (exact) mass is 412 g/mol. The van der Waals surface area contributed by atoms with Gasteiger partial charge in [-0.2, -0.15) is 13.2 Å². The van der Waals surface area contributed by atoms with E-state index in [0.717, 1.165) is 34.9 Å². The van der Waals surface area contributed by atoms with Crippen molar-refractivity contribution in [3.05, 3.63) is 53.3 Å². The van der Waals surface area contributed by atoms with Crippen LogP contribution in [0, 0.1) is 5.82 Å². The van der Waals surface area contributed by atoms with Crippen LogP contribution in [0.5, 0.6) is 5.75 Å². The lowest BCUT2D eigenvalue weighted by molar-refractivity contribution is -0.146. The van der Waals surface area contributed by atoms with E-state index >= 15 is 0 Å². The quantitative estimate of drug-likeness (QED) is 0.551. The molecule has 3 rings (SSSR count). The van der Waals surface area contributed by atoms with Gasteiger partial charge in [0.15, 0.2) is 0 Å². The normalized spacial score (nSPS) is 16.5. The number of para-hydroxylation sites is 1. The fraction of sp³-hybridized carbons (Fsp3) is 0.263. The van der Waals surface area contributed by atoms with Gasteiger partial charge in [-0.3, -0.25) is 9.69 Å². The van der Waals surface area contributed by atoms with Crippen molar-refractivity contribution in [2.75, 3.05) is 24.0 Å². The summed E-state index contributed by atoms with van der Waals surface area (Å²) < 4.78 is 64.5. The molecule has 2 aromatic carbocycles. The van der Waals surface area contributed by atoms with Gasteiger partial charge in [0.2, 0.25) is 6.23 Å². The van der Waals surface area contributed by atoms with Crippen LogP contribution in [0.4, 0.5) is 33.7 Å². The van der Waals surface area contributed by atoms with E-state index in [4.69, 9.17) is 9.47 Å². The van der Waals surface area contributed by atoms with Crippen LogP contribution in [0.2, 0.25) is 0 Å². The first kappa shape index (κ1) is 20.4. The first-order valence-corrected chi connectivity index (χ1v) is 8.34. The van der Waals surface area contributed by atoms with Crippen LogP contribution in [0.1, 0.15) is 24.3 Å². The van der Waals surface area contributed by atoms with Crippen LogP contribution in [0.3, 0.4) is 0 Å². The van der Waals surface area contributed by atoms with Crippen LogP contribution in [0.25, 0.3) is 0 Å². The molecule has 1 unspecified atom stereocenters. The smallest absolute Gasteiger partial charge is 0.416 e. The number of hydrogen-bond acceptors (Lipinski definition) is 4. The Hall–Kier alpha value is -3.30. The van der Waals surface area contributed by atoms with Crippen molar-refractivity contribution in [3.8, 4) is 5.75 Å². The Kier molecular flexibility index (Phi) is 5.12. The van der Waals surface area contributed by atoms with Crippen molar-refractivity contribution >= 4 is 23.4 Å². The molecule has 0 fully saturated rings. The average Bonchev–Trinajstić information content (AvgIpc) is 2.64. The molecular weight excluding hydrogens is 396 g/mol. The Morgan fingerprint density at radius 1 is 1.17 bits per heavy atom. The molecule has 0 aromatic heterocycles. The summed E-state index contributed by atoms with van der Waals surface area (Å²) in [6.45, 7) is 1.07. The highest BCUT2D eigenvalue weighted by Gasteiger charge is 2.42. The number of anilines is 2. The number of amides is 2. The molecule has 0 saturated heterocycles. The topological polar surface area (TPSA) is 59.1 Å². The van der Waals surface area contributed by atoms with Gasteiger partial charge < -0.3 is 9.47 Å². The van der Waals surface area contributed by atoms with Crippen molar-refractivity contribution in [2.24, 2.45) is 0 Å². The van der Waals surface area contributed by atoms with Crippen molar-refractivity contribution in [1.82, 2.24) is 0 Å².